The summed E-state index contributed by atoms with van der Waals surface area (Å²) in [5.41, 5.74) is 8.24. The molecule has 0 saturated carbocycles. The van der Waals surface area contributed by atoms with Gasteiger partial charge in [0.15, 0.2) is 0 Å². The number of rotatable bonds is 5. The summed E-state index contributed by atoms with van der Waals surface area (Å²) in [5.74, 6) is 0. The molecule has 0 atom stereocenters. The van der Waals surface area contributed by atoms with Gasteiger partial charge in [0.2, 0.25) is 10.0 Å². The topological polar surface area (TPSA) is 72.2 Å². The summed E-state index contributed by atoms with van der Waals surface area (Å²) >= 11 is 4.90. The number of hydrogen-bond acceptors (Lipinski definition) is 4. The standard InChI is InChI=1S/C14H17BrN2O2S2/c1-9-5-10(2)14(6-11(9)7-16)21(18,19)17-8-13-12(15)3-4-20-13/h3-6,17H,7-8,16H2,1-2H3. The molecule has 2 rings (SSSR count). The van der Waals surface area contributed by atoms with Gasteiger partial charge in [-0.05, 0) is 64.0 Å². The van der Waals surface area contributed by atoms with Gasteiger partial charge in [0.25, 0.3) is 0 Å². The van der Waals surface area contributed by atoms with Crippen LogP contribution in [0.4, 0.5) is 0 Å². The molecule has 4 nitrogen and oxygen atoms in total. The fraction of sp³-hybridized carbons (Fsp3) is 0.286. The molecule has 0 bridgehead atoms. The number of aryl methyl sites for hydroxylation is 2. The Bertz CT molecular complexity index is 754. The van der Waals surface area contributed by atoms with E-state index in [9.17, 15) is 8.42 Å². The molecule has 0 aliphatic carbocycles. The van der Waals surface area contributed by atoms with Crippen molar-refractivity contribution in [2.75, 3.05) is 0 Å². The van der Waals surface area contributed by atoms with Crippen molar-refractivity contribution in [1.82, 2.24) is 4.72 Å². The van der Waals surface area contributed by atoms with Crippen molar-refractivity contribution in [3.8, 4) is 0 Å². The minimum atomic E-state index is -3.55. The van der Waals surface area contributed by atoms with Gasteiger partial charge in [-0.25, -0.2) is 13.1 Å². The van der Waals surface area contributed by atoms with Gasteiger partial charge in [-0.1, -0.05) is 6.07 Å². The Labute approximate surface area is 137 Å². The predicted molar refractivity (Wildman–Crippen MR) is 89.9 cm³/mol. The van der Waals surface area contributed by atoms with Crippen LogP contribution in [0.25, 0.3) is 0 Å². The first-order valence-electron chi connectivity index (χ1n) is 6.37. The van der Waals surface area contributed by atoms with E-state index in [4.69, 9.17) is 5.73 Å². The number of hydrogen-bond donors (Lipinski definition) is 2. The van der Waals surface area contributed by atoms with Crippen molar-refractivity contribution in [3.63, 3.8) is 0 Å². The second kappa shape index (κ2) is 6.58. The maximum absolute atomic E-state index is 12.5. The van der Waals surface area contributed by atoms with Crippen molar-refractivity contribution in [3.05, 3.63) is 49.6 Å². The lowest BCUT2D eigenvalue weighted by molar-refractivity contribution is 0.581. The highest BCUT2D eigenvalue weighted by Gasteiger charge is 2.18. The molecule has 2 aromatic rings. The van der Waals surface area contributed by atoms with E-state index in [2.05, 4.69) is 20.7 Å². The Balaban J connectivity index is 2.29. The molecule has 0 unspecified atom stereocenters. The Hall–Kier alpha value is -0.730. The summed E-state index contributed by atoms with van der Waals surface area (Å²) in [7, 11) is -3.55. The average Bonchev–Trinajstić information content (AvgIpc) is 2.82. The molecule has 7 heteroatoms. The highest BCUT2D eigenvalue weighted by atomic mass is 79.9. The van der Waals surface area contributed by atoms with Gasteiger partial charge in [0.1, 0.15) is 0 Å². The van der Waals surface area contributed by atoms with Crippen molar-refractivity contribution >= 4 is 37.3 Å². The van der Waals surface area contributed by atoms with Crippen LogP contribution in [0.1, 0.15) is 21.6 Å². The lowest BCUT2D eigenvalue weighted by Gasteiger charge is -2.12. The minimum absolute atomic E-state index is 0.270. The predicted octanol–water partition coefficient (Wildman–Crippen LogP) is 3.06. The SMILES string of the molecule is Cc1cc(C)c(S(=O)(=O)NCc2sccc2Br)cc1CN. The van der Waals surface area contributed by atoms with Gasteiger partial charge in [-0.2, -0.15) is 0 Å². The normalized spacial score (nSPS) is 11.8. The summed E-state index contributed by atoms with van der Waals surface area (Å²) in [5, 5.41) is 1.91. The molecule has 0 aliphatic rings. The van der Waals surface area contributed by atoms with Crippen molar-refractivity contribution in [1.29, 1.82) is 0 Å². The molecule has 0 amide bonds. The van der Waals surface area contributed by atoms with Gasteiger partial charge in [-0.15, -0.1) is 11.3 Å². The van der Waals surface area contributed by atoms with E-state index in [1.807, 2.05) is 24.4 Å². The summed E-state index contributed by atoms with van der Waals surface area (Å²) in [6.07, 6.45) is 0. The number of benzene rings is 1. The third-order valence-electron chi connectivity index (χ3n) is 3.26. The molecule has 0 aliphatic heterocycles. The molecule has 0 spiro atoms. The molecule has 0 radical (unpaired) electrons. The van der Waals surface area contributed by atoms with Crippen molar-refractivity contribution < 1.29 is 8.42 Å². The van der Waals surface area contributed by atoms with E-state index in [0.29, 0.717) is 11.4 Å². The second-order valence-corrected chi connectivity index (χ2v) is 8.35. The van der Waals surface area contributed by atoms with E-state index >= 15 is 0 Å². The Morgan fingerprint density at radius 2 is 2.00 bits per heavy atom. The van der Waals surface area contributed by atoms with Crippen LogP contribution in [0.5, 0.6) is 0 Å². The van der Waals surface area contributed by atoms with E-state index in [1.165, 1.54) is 11.3 Å². The summed E-state index contributed by atoms with van der Waals surface area (Å²) in [4.78, 5) is 1.24. The zero-order valence-electron chi connectivity index (χ0n) is 11.8. The van der Waals surface area contributed by atoms with Gasteiger partial charge in [0, 0.05) is 22.4 Å². The number of halogens is 1. The molecular weight excluding hydrogens is 372 g/mol. The number of nitrogens with two attached hydrogens (primary N) is 1. The van der Waals surface area contributed by atoms with Crippen LogP contribution in [0.2, 0.25) is 0 Å². The monoisotopic (exact) mass is 388 g/mol. The highest BCUT2D eigenvalue weighted by Crippen LogP contribution is 2.24. The summed E-state index contributed by atoms with van der Waals surface area (Å²) in [6, 6.07) is 5.42. The van der Waals surface area contributed by atoms with Gasteiger partial charge < -0.3 is 5.73 Å². The highest BCUT2D eigenvalue weighted by molar-refractivity contribution is 9.10. The molecule has 1 heterocycles. The molecule has 3 N–H and O–H groups in total. The smallest absolute Gasteiger partial charge is 0.241 e. The van der Waals surface area contributed by atoms with Crippen LogP contribution >= 0.6 is 27.3 Å². The van der Waals surface area contributed by atoms with Crippen LogP contribution in [0, 0.1) is 13.8 Å². The Morgan fingerprint density at radius 1 is 1.29 bits per heavy atom. The zero-order chi connectivity index (χ0) is 15.6. The van der Waals surface area contributed by atoms with Crippen molar-refractivity contribution in [2.24, 2.45) is 5.73 Å². The van der Waals surface area contributed by atoms with Crippen LogP contribution in [-0.4, -0.2) is 8.42 Å². The average molecular weight is 389 g/mol. The van der Waals surface area contributed by atoms with Crippen LogP contribution < -0.4 is 10.5 Å². The fourth-order valence-corrected chi connectivity index (χ4v) is 4.87. The quantitative estimate of drug-likeness (QED) is 0.826. The molecule has 1 aromatic carbocycles. The molecule has 1 aromatic heterocycles. The Kier molecular flexibility index (Phi) is 5.21. The first-order chi connectivity index (χ1) is 9.85. The lowest BCUT2D eigenvalue weighted by atomic mass is 10.1. The molecule has 0 saturated heterocycles. The lowest BCUT2D eigenvalue weighted by Crippen LogP contribution is -2.24. The largest absolute Gasteiger partial charge is 0.326 e. The van der Waals surface area contributed by atoms with E-state index in [-0.39, 0.29) is 6.54 Å². The first kappa shape index (κ1) is 16.6. The summed E-state index contributed by atoms with van der Waals surface area (Å²) < 4.78 is 28.5. The Morgan fingerprint density at radius 3 is 2.57 bits per heavy atom. The maximum atomic E-state index is 12.5. The van der Waals surface area contributed by atoms with Crippen LogP contribution in [0.3, 0.4) is 0 Å². The fourth-order valence-electron chi connectivity index (χ4n) is 2.07. The minimum Gasteiger partial charge on any atom is -0.326 e. The number of sulfonamides is 1. The van der Waals surface area contributed by atoms with E-state index in [0.717, 1.165) is 26.0 Å². The van der Waals surface area contributed by atoms with E-state index < -0.39 is 10.0 Å². The third kappa shape index (κ3) is 3.73. The summed E-state index contributed by atoms with van der Waals surface area (Å²) in [6.45, 7) is 4.32. The van der Waals surface area contributed by atoms with Crippen LogP contribution in [-0.2, 0) is 23.1 Å². The zero-order valence-corrected chi connectivity index (χ0v) is 15.0. The molecule has 0 fully saturated rings. The third-order valence-corrected chi connectivity index (χ3v) is 6.73. The second-order valence-electron chi connectivity index (χ2n) is 4.76. The first-order valence-corrected chi connectivity index (χ1v) is 9.52. The van der Waals surface area contributed by atoms with Gasteiger partial charge in [-0.3, -0.25) is 0 Å². The van der Waals surface area contributed by atoms with Gasteiger partial charge >= 0.3 is 0 Å². The molecule has 114 valence electrons. The van der Waals surface area contributed by atoms with Gasteiger partial charge in [0.05, 0.1) is 4.90 Å². The number of thiophene rings is 1. The van der Waals surface area contributed by atoms with Crippen LogP contribution in [0.15, 0.2) is 32.9 Å². The maximum Gasteiger partial charge on any atom is 0.241 e. The van der Waals surface area contributed by atoms with Crippen molar-refractivity contribution in [2.45, 2.75) is 31.8 Å². The molecular formula is C14H17BrN2O2S2. The molecule has 21 heavy (non-hydrogen) atoms. The number of nitrogens with one attached hydrogen (secondary N) is 1. The van der Waals surface area contributed by atoms with E-state index in [1.54, 1.807) is 13.0 Å².